The van der Waals surface area contributed by atoms with E-state index >= 15 is 0 Å². The summed E-state index contributed by atoms with van der Waals surface area (Å²) in [7, 11) is 1.83. The van der Waals surface area contributed by atoms with Crippen LogP contribution in [0.4, 0.5) is 0 Å². The maximum absolute atomic E-state index is 5.83. The van der Waals surface area contributed by atoms with Crippen molar-refractivity contribution in [3.63, 3.8) is 0 Å². The highest BCUT2D eigenvalue weighted by Crippen LogP contribution is 2.37. The van der Waals surface area contributed by atoms with Gasteiger partial charge in [0.2, 0.25) is 5.16 Å². The van der Waals surface area contributed by atoms with Crippen LogP contribution in [0, 0.1) is 0 Å². The Bertz CT molecular complexity index is 644. The number of hydrogen-bond acceptors (Lipinski definition) is 6. The van der Waals surface area contributed by atoms with E-state index in [0.29, 0.717) is 6.61 Å². The van der Waals surface area contributed by atoms with E-state index in [1.807, 2.05) is 14.0 Å². The molecule has 0 aliphatic carbocycles. The van der Waals surface area contributed by atoms with Crippen molar-refractivity contribution in [2.45, 2.75) is 37.3 Å². The topological polar surface area (TPSA) is 62.1 Å². The van der Waals surface area contributed by atoms with Crippen LogP contribution in [0.2, 0.25) is 0 Å². The van der Waals surface area contributed by atoms with Crippen molar-refractivity contribution in [3.05, 3.63) is 23.3 Å². The second kappa shape index (κ2) is 5.93. The number of benzene rings is 1. The molecule has 2 aromatic rings. The molecular weight excluding hydrogens is 288 g/mol. The van der Waals surface area contributed by atoms with Gasteiger partial charge in [-0.3, -0.25) is 0 Å². The number of aromatic nitrogens is 4. The normalized spacial score (nSPS) is 16.6. The second-order valence-electron chi connectivity index (χ2n) is 5.01. The van der Waals surface area contributed by atoms with Crippen molar-refractivity contribution >= 4 is 11.8 Å². The number of nitrogens with zero attached hydrogens (tertiary/aromatic N) is 4. The zero-order valence-corrected chi connectivity index (χ0v) is 13.2. The van der Waals surface area contributed by atoms with Crippen molar-refractivity contribution in [2.24, 2.45) is 7.05 Å². The molecule has 1 aromatic heterocycles. The van der Waals surface area contributed by atoms with Crippen molar-refractivity contribution in [3.8, 4) is 11.5 Å². The summed E-state index contributed by atoms with van der Waals surface area (Å²) < 4.78 is 13.3. The van der Waals surface area contributed by atoms with Gasteiger partial charge in [-0.05, 0) is 36.4 Å². The lowest BCUT2D eigenvalue weighted by molar-refractivity contribution is 0.254. The average Bonchev–Trinajstić information content (AvgIpc) is 3.01. The van der Waals surface area contributed by atoms with Crippen LogP contribution in [0.1, 0.15) is 25.0 Å². The van der Waals surface area contributed by atoms with Gasteiger partial charge in [0.25, 0.3) is 0 Å². The minimum absolute atomic E-state index is 0.236. The summed E-state index contributed by atoms with van der Waals surface area (Å²) >= 11 is 1.58. The molecule has 0 saturated heterocycles. The molecule has 0 spiro atoms. The van der Waals surface area contributed by atoms with Crippen LogP contribution in [-0.2, 0) is 19.2 Å². The number of tetrazole rings is 1. The summed E-state index contributed by atoms with van der Waals surface area (Å²) in [4.78, 5) is 0. The molecule has 2 heterocycles. The SMILES string of the molecule is CCOc1cc2c(cc1CSc1nnnn1C)OC(C)C2. The molecular formula is C14H18N4O2S. The van der Waals surface area contributed by atoms with Crippen LogP contribution >= 0.6 is 11.8 Å². The highest BCUT2D eigenvalue weighted by Gasteiger charge is 2.22. The zero-order valence-electron chi connectivity index (χ0n) is 12.4. The number of rotatable bonds is 5. The summed E-state index contributed by atoms with van der Waals surface area (Å²) in [5, 5.41) is 12.2. The fourth-order valence-corrected chi connectivity index (χ4v) is 3.20. The monoisotopic (exact) mass is 306 g/mol. The Balaban J connectivity index is 1.83. The number of thioether (sulfide) groups is 1. The molecule has 1 aliphatic heterocycles. The summed E-state index contributed by atoms with van der Waals surface area (Å²) in [6.45, 7) is 4.73. The second-order valence-corrected chi connectivity index (χ2v) is 5.95. The summed E-state index contributed by atoms with van der Waals surface area (Å²) in [6, 6.07) is 4.19. The third kappa shape index (κ3) is 2.97. The summed E-state index contributed by atoms with van der Waals surface area (Å²) in [5.41, 5.74) is 2.33. The van der Waals surface area contributed by atoms with E-state index in [-0.39, 0.29) is 6.10 Å². The summed E-state index contributed by atoms with van der Waals surface area (Å²) in [6.07, 6.45) is 1.18. The van der Waals surface area contributed by atoms with Gasteiger partial charge in [-0.25, -0.2) is 4.68 Å². The Morgan fingerprint density at radius 1 is 1.48 bits per heavy atom. The molecule has 0 N–H and O–H groups in total. The van der Waals surface area contributed by atoms with Crippen LogP contribution in [-0.4, -0.2) is 32.9 Å². The van der Waals surface area contributed by atoms with E-state index in [0.717, 1.165) is 34.4 Å². The molecule has 0 fully saturated rings. The first-order valence-electron chi connectivity index (χ1n) is 6.97. The maximum Gasteiger partial charge on any atom is 0.209 e. The molecule has 1 atom stereocenters. The van der Waals surface area contributed by atoms with Gasteiger partial charge in [0, 0.05) is 30.3 Å². The maximum atomic E-state index is 5.83. The molecule has 1 aliphatic rings. The molecule has 0 radical (unpaired) electrons. The Hall–Kier alpha value is -1.76. The fraction of sp³-hybridized carbons (Fsp3) is 0.500. The number of aryl methyl sites for hydroxylation is 1. The third-order valence-corrected chi connectivity index (χ3v) is 4.38. The molecule has 3 rings (SSSR count). The van der Waals surface area contributed by atoms with Gasteiger partial charge in [-0.15, -0.1) is 5.10 Å². The Labute approximate surface area is 127 Å². The lowest BCUT2D eigenvalue weighted by Crippen LogP contribution is -2.05. The molecule has 0 saturated carbocycles. The third-order valence-electron chi connectivity index (χ3n) is 3.32. The summed E-state index contributed by atoms with van der Waals surface area (Å²) in [5.74, 6) is 2.64. The lowest BCUT2D eigenvalue weighted by Gasteiger charge is -2.12. The first-order valence-corrected chi connectivity index (χ1v) is 7.96. The van der Waals surface area contributed by atoms with Gasteiger partial charge >= 0.3 is 0 Å². The Kier molecular flexibility index (Phi) is 4.01. The van der Waals surface area contributed by atoms with E-state index < -0.39 is 0 Å². The van der Waals surface area contributed by atoms with E-state index in [4.69, 9.17) is 9.47 Å². The van der Waals surface area contributed by atoms with Gasteiger partial charge in [0.1, 0.15) is 17.6 Å². The van der Waals surface area contributed by atoms with Gasteiger partial charge in [-0.1, -0.05) is 11.8 Å². The van der Waals surface area contributed by atoms with Crippen LogP contribution in [0.3, 0.4) is 0 Å². The van der Waals surface area contributed by atoms with E-state index in [2.05, 4.69) is 34.6 Å². The minimum Gasteiger partial charge on any atom is -0.494 e. The predicted octanol–water partition coefficient (Wildman–Crippen LogP) is 2.22. The number of fused-ring (bicyclic) bond motifs is 1. The highest BCUT2D eigenvalue weighted by atomic mass is 32.2. The molecule has 7 heteroatoms. The van der Waals surface area contributed by atoms with Crippen LogP contribution in [0.5, 0.6) is 11.5 Å². The van der Waals surface area contributed by atoms with Crippen molar-refractivity contribution in [2.75, 3.05) is 6.61 Å². The van der Waals surface area contributed by atoms with E-state index in [1.54, 1.807) is 16.4 Å². The standard InChI is InChI=1S/C14H18N4O2S/c1-4-19-12-6-10-5-9(2)20-13(10)7-11(12)8-21-14-15-16-17-18(14)3/h6-7,9H,4-5,8H2,1-3H3. The minimum atomic E-state index is 0.236. The quantitative estimate of drug-likeness (QED) is 0.789. The van der Waals surface area contributed by atoms with Crippen LogP contribution < -0.4 is 9.47 Å². The van der Waals surface area contributed by atoms with Gasteiger partial charge in [-0.2, -0.15) is 0 Å². The highest BCUT2D eigenvalue weighted by molar-refractivity contribution is 7.98. The molecule has 0 bridgehead atoms. The Morgan fingerprint density at radius 2 is 2.33 bits per heavy atom. The largest absolute Gasteiger partial charge is 0.494 e. The number of hydrogen-bond donors (Lipinski definition) is 0. The van der Waals surface area contributed by atoms with Gasteiger partial charge < -0.3 is 9.47 Å². The molecule has 0 amide bonds. The van der Waals surface area contributed by atoms with Crippen LogP contribution in [0.15, 0.2) is 17.3 Å². The van der Waals surface area contributed by atoms with Gasteiger partial charge in [0.05, 0.1) is 6.61 Å². The fourth-order valence-electron chi connectivity index (χ4n) is 2.37. The van der Waals surface area contributed by atoms with Crippen molar-refractivity contribution in [1.82, 2.24) is 20.2 Å². The average molecular weight is 306 g/mol. The first kappa shape index (κ1) is 14.2. The van der Waals surface area contributed by atoms with E-state index in [9.17, 15) is 0 Å². The molecule has 21 heavy (non-hydrogen) atoms. The molecule has 1 unspecified atom stereocenters. The van der Waals surface area contributed by atoms with Gasteiger partial charge in [0.15, 0.2) is 0 Å². The first-order chi connectivity index (χ1) is 10.2. The van der Waals surface area contributed by atoms with Crippen molar-refractivity contribution < 1.29 is 9.47 Å². The predicted molar refractivity (Wildman–Crippen MR) is 79.8 cm³/mol. The van der Waals surface area contributed by atoms with Crippen molar-refractivity contribution in [1.29, 1.82) is 0 Å². The molecule has 6 nitrogen and oxygen atoms in total. The van der Waals surface area contributed by atoms with E-state index in [1.165, 1.54) is 5.56 Å². The zero-order chi connectivity index (χ0) is 14.8. The number of ether oxygens (including phenoxy) is 2. The van der Waals surface area contributed by atoms with Crippen LogP contribution in [0.25, 0.3) is 0 Å². The Morgan fingerprint density at radius 3 is 3.05 bits per heavy atom. The molecule has 112 valence electrons. The molecule has 1 aromatic carbocycles. The lowest BCUT2D eigenvalue weighted by atomic mass is 10.1. The smallest absolute Gasteiger partial charge is 0.209 e.